The molecule has 3 nitrogen and oxygen atoms in total. The summed E-state index contributed by atoms with van der Waals surface area (Å²) in [6.45, 7) is 0. The summed E-state index contributed by atoms with van der Waals surface area (Å²) < 4.78 is 18.8. The van der Waals surface area contributed by atoms with Crippen LogP contribution in [0.2, 0.25) is 0 Å². The molecule has 0 aromatic heterocycles. The number of halogens is 2. The molecular formula is C11H6BrFN2O. The van der Waals surface area contributed by atoms with Gasteiger partial charge in [-0.15, -0.1) is 0 Å². The predicted octanol–water partition coefficient (Wildman–Crippen LogP) is 3.03. The van der Waals surface area contributed by atoms with Crippen molar-refractivity contribution in [1.82, 2.24) is 0 Å². The van der Waals surface area contributed by atoms with Gasteiger partial charge in [-0.2, -0.15) is 10.5 Å². The normalized spacial score (nSPS) is 8.81. The van der Waals surface area contributed by atoms with Crippen LogP contribution in [0.3, 0.4) is 0 Å². The molecule has 0 bridgehead atoms. The van der Waals surface area contributed by atoms with E-state index >= 15 is 0 Å². The van der Waals surface area contributed by atoms with Gasteiger partial charge in [0.1, 0.15) is 29.3 Å². The van der Waals surface area contributed by atoms with Gasteiger partial charge in [0.15, 0.2) is 0 Å². The predicted molar refractivity (Wildman–Crippen MR) is 59.9 cm³/mol. The summed E-state index contributed by atoms with van der Waals surface area (Å²) in [6.07, 6.45) is 1.17. The van der Waals surface area contributed by atoms with Crippen LogP contribution in [0.5, 0.6) is 5.75 Å². The van der Waals surface area contributed by atoms with E-state index in [9.17, 15) is 4.39 Å². The molecule has 0 amide bonds. The Morgan fingerprint density at radius 2 is 2.06 bits per heavy atom. The van der Waals surface area contributed by atoms with Crippen LogP contribution >= 0.6 is 15.9 Å². The Hall–Kier alpha value is -1.85. The SMILES string of the molecule is COc1ccc(F)c(C=C(C#N)C#N)c1Br. The smallest absolute Gasteiger partial charge is 0.133 e. The van der Waals surface area contributed by atoms with Gasteiger partial charge in [0, 0.05) is 5.56 Å². The minimum atomic E-state index is -0.532. The lowest BCUT2D eigenvalue weighted by Gasteiger charge is -2.06. The Morgan fingerprint density at radius 3 is 2.56 bits per heavy atom. The van der Waals surface area contributed by atoms with E-state index in [4.69, 9.17) is 15.3 Å². The molecule has 0 spiro atoms. The van der Waals surface area contributed by atoms with Crippen molar-refractivity contribution in [2.45, 2.75) is 0 Å². The minimum absolute atomic E-state index is 0.123. The first-order valence-electron chi connectivity index (χ1n) is 4.18. The maximum atomic E-state index is 13.5. The molecule has 0 aliphatic carbocycles. The molecule has 0 unspecified atom stereocenters. The molecule has 0 aliphatic rings. The highest BCUT2D eigenvalue weighted by Gasteiger charge is 2.10. The van der Waals surface area contributed by atoms with Crippen LogP contribution in [0.15, 0.2) is 22.2 Å². The van der Waals surface area contributed by atoms with Crippen molar-refractivity contribution in [3.63, 3.8) is 0 Å². The summed E-state index contributed by atoms with van der Waals surface area (Å²) in [5, 5.41) is 17.2. The fourth-order valence-corrected chi connectivity index (χ4v) is 1.67. The number of ether oxygens (including phenoxy) is 1. The number of methoxy groups -OCH3 is 1. The topological polar surface area (TPSA) is 56.8 Å². The van der Waals surface area contributed by atoms with Gasteiger partial charge < -0.3 is 4.74 Å². The lowest BCUT2D eigenvalue weighted by atomic mass is 10.1. The fourth-order valence-electron chi connectivity index (χ4n) is 1.07. The van der Waals surface area contributed by atoms with Gasteiger partial charge in [-0.3, -0.25) is 0 Å². The quantitative estimate of drug-likeness (QED) is 0.783. The number of rotatable bonds is 2. The average molecular weight is 281 g/mol. The first kappa shape index (κ1) is 12.2. The second-order valence-electron chi connectivity index (χ2n) is 2.76. The number of nitriles is 2. The Balaban J connectivity index is 3.41. The second kappa shape index (κ2) is 5.29. The van der Waals surface area contributed by atoms with Gasteiger partial charge in [-0.25, -0.2) is 4.39 Å². The molecule has 80 valence electrons. The van der Waals surface area contributed by atoms with Gasteiger partial charge in [-0.1, -0.05) is 0 Å². The zero-order chi connectivity index (χ0) is 12.1. The Labute approximate surface area is 100 Å². The minimum Gasteiger partial charge on any atom is -0.496 e. The zero-order valence-corrected chi connectivity index (χ0v) is 9.88. The highest BCUT2D eigenvalue weighted by Crippen LogP contribution is 2.31. The molecule has 1 rings (SSSR count). The van der Waals surface area contributed by atoms with E-state index in [0.717, 1.165) is 0 Å². The molecule has 0 saturated carbocycles. The molecule has 1 aromatic rings. The van der Waals surface area contributed by atoms with Crippen molar-refractivity contribution in [2.75, 3.05) is 7.11 Å². The van der Waals surface area contributed by atoms with E-state index in [-0.39, 0.29) is 11.1 Å². The van der Waals surface area contributed by atoms with Gasteiger partial charge in [0.25, 0.3) is 0 Å². The number of nitrogens with zero attached hydrogens (tertiary/aromatic N) is 2. The van der Waals surface area contributed by atoms with Gasteiger partial charge in [0.2, 0.25) is 0 Å². The van der Waals surface area contributed by atoms with Crippen LogP contribution in [-0.2, 0) is 0 Å². The average Bonchev–Trinajstić information content (AvgIpc) is 2.30. The number of benzene rings is 1. The number of hydrogen-bond acceptors (Lipinski definition) is 3. The van der Waals surface area contributed by atoms with E-state index in [2.05, 4.69) is 15.9 Å². The monoisotopic (exact) mass is 280 g/mol. The van der Waals surface area contributed by atoms with Crippen molar-refractivity contribution in [3.05, 3.63) is 33.6 Å². The summed E-state index contributed by atoms with van der Waals surface area (Å²) in [6, 6.07) is 5.99. The maximum absolute atomic E-state index is 13.5. The second-order valence-corrected chi connectivity index (χ2v) is 3.55. The Bertz CT molecular complexity index is 510. The lowest BCUT2D eigenvalue weighted by molar-refractivity contribution is 0.410. The molecule has 0 N–H and O–H groups in total. The molecule has 1 aromatic carbocycles. The third-order valence-corrected chi connectivity index (χ3v) is 2.66. The first-order chi connectivity index (χ1) is 7.63. The van der Waals surface area contributed by atoms with Crippen LogP contribution in [0.4, 0.5) is 4.39 Å². The van der Waals surface area contributed by atoms with Crippen molar-refractivity contribution >= 4 is 22.0 Å². The molecule has 0 aliphatic heterocycles. The van der Waals surface area contributed by atoms with Crippen molar-refractivity contribution in [2.24, 2.45) is 0 Å². The van der Waals surface area contributed by atoms with Gasteiger partial charge >= 0.3 is 0 Å². The lowest BCUT2D eigenvalue weighted by Crippen LogP contribution is -1.91. The Kier molecular flexibility index (Phi) is 4.04. The van der Waals surface area contributed by atoms with Crippen molar-refractivity contribution in [1.29, 1.82) is 10.5 Å². The van der Waals surface area contributed by atoms with Gasteiger partial charge in [0.05, 0.1) is 11.6 Å². The largest absolute Gasteiger partial charge is 0.496 e. The Morgan fingerprint density at radius 1 is 1.44 bits per heavy atom. The summed E-state index contributed by atoms with van der Waals surface area (Å²) in [4.78, 5) is 0. The van der Waals surface area contributed by atoms with E-state index in [1.165, 1.54) is 25.3 Å². The first-order valence-corrected chi connectivity index (χ1v) is 4.97. The summed E-state index contributed by atoms with van der Waals surface area (Å²) >= 11 is 3.15. The van der Waals surface area contributed by atoms with Gasteiger partial charge in [-0.05, 0) is 34.1 Å². The number of allylic oxidation sites excluding steroid dienone is 1. The van der Waals surface area contributed by atoms with Crippen LogP contribution in [0.1, 0.15) is 5.56 Å². The molecule has 5 heteroatoms. The van der Waals surface area contributed by atoms with E-state index in [1.807, 2.05) is 0 Å². The van der Waals surface area contributed by atoms with Crippen molar-refractivity contribution in [3.8, 4) is 17.9 Å². The van der Waals surface area contributed by atoms with E-state index in [1.54, 1.807) is 12.1 Å². The molecule has 0 saturated heterocycles. The maximum Gasteiger partial charge on any atom is 0.133 e. The summed E-state index contributed by atoms with van der Waals surface area (Å²) in [5.41, 5.74) is -0.0506. The zero-order valence-electron chi connectivity index (χ0n) is 8.29. The molecule has 0 radical (unpaired) electrons. The standard InChI is InChI=1S/C11H6BrFN2O/c1-16-10-3-2-9(13)8(11(10)12)4-7(5-14)6-15/h2-4H,1H3. The third-order valence-electron chi connectivity index (χ3n) is 1.84. The van der Waals surface area contributed by atoms with Crippen LogP contribution < -0.4 is 4.74 Å². The molecule has 0 atom stereocenters. The fraction of sp³-hybridized carbons (Fsp3) is 0.0909. The molecule has 0 heterocycles. The van der Waals surface area contributed by atoms with Crippen LogP contribution in [0, 0.1) is 28.5 Å². The molecular weight excluding hydrogens is 275 g/mol. The highest BCUT2D eigenvalue weighted by molar-refractivity contribution is 9.10. The van der Waals surface area contributed by atoms with Crippen LogP contribution in [0.25, 0.3) is 6.08 Å². The summed E-state index contributed by atoms with van der Waals surface area (Å²) in [5.74, 6) is -0.0986. The van der Waals surface area contributed by atoms with E-state index in [0.29, 0.717) is 10.2 Å². The van der Waals surface area contributed by atoms with E-state index < -0.39 is 5.82 Å². The number of hydrogen-bond donors (Lipinski definition) is 0. The third kappa shape index (κ3) is 2.39. The highest BCUT2D eigenvalue weighted by atomic mass is 79.9. The molecule has 0 fully saturated rings. The van der Waals surface area contributed by atoms with Crippen molar-refractivity contribution < 1.29 is 9.13 Å². The van der Waals surface area contributed by atoms with Crippen LogP contribution in [-0.4, -0.2) is 7.11 Å². The molecule has 16 heavy (non-hydrogen) atoms. The summed E-state index contributed by atoms with van der Waals surface area (Å²) in [7, 11) is 1.45.